The van der Waals surface area contributed by atoms with Crippen molar-refractivity contribution in [3.63, 3.8) is 0 Å². The Morgan fingerprint density at radius 2 is 1.86 bits per heavy atom. The van der Waals surface area contributed by atoms with Gasteiger partial charge in [0, 0.05) is 48.3 Å². The Labute approximate surface area is 257 Å². The first-order valence-electron chi connectivity index (χ1n) is 13.6. The molecule has 5 rings (SSSR count). The fourth-order valence-electron chi connectivity index (χ4n) is 5.05. The molecule has 4 aromatic rings. The molecule has 0 bridgehead atoms. The maximum atomic E-state index is 13.3. The molecule has 1 saturated heterocycles. The third-order valence-electron chi connectivity index (χ3n) is 7.48. The molecule has 9 nitrogen and oxygen atoms in total. The number of carbonyl (C=O) groups is 1. The quantitative estimate of drug-likeness (QED) is 0.284. The summed E-state index contributed by atoms with van der Waals surface area (Å²) in [6.45, 7) is 3.24. The van der Waals surface area contributed by atoms with E-state index in [4.69, 9.17) is 22.4 Å². The van der Waals surface area contributed by atoms with Crippen LogP contribution in [-0.4, -0.2) is 52.7 Å². The highest BCUT2D eigenvalue weighted by atomic mass is 35.5. The van der Waals surface area contributed by atoms with E-state index in [0.29, 0.717) is 72.2 Å². The molecule has 1 aliphatic heterocycles. The van der Waals surface area contributed by atoms with Gasteiger partial charge < -0.3 is 11.1 Å². The van der Waals surface area contributed by atoms with Crippen LogP contribution in [0.1, 0.15) is 45.6 Å². The number of halogens is 4. The lowest BCUT2D eigenvalue weighted by Gasteiger charge is -2.30. The summed E-state index contributed by atoms with van der Waals surface area (Å²) in [7, 11) is -3.23. The molecule has 0 atom stereocenters. The van der Waals surface area contributed by atoms with E-state index in [2.05, 4.69) is 22.1 Å². The van der Waals surface area contributed by atoms with E-state index in [0.717, 1.165) is 11.6 Å². The van der Waals surface area contributed by atoms with Gasteiger partial charge in [-0.1, -0.05) is 23.6 Å². The molecular formula is C30H28ClF3N6O3S. The van der Waals surface area contributed by atoms with Crippen LogP contribution in [0.3, 0.4) is 0 Å². The first-order chi connectivity index (χ1) is 20.7. The zero-order valence-corrected chi connectivity index (χ0v) is 25.3. The average molecular weight is 645 g/mol. The van der Waals surface area contributed by atoms with Gasteiger partial charge in [-0.3, -0.25) is 4.79 Å². The Kier molecular flexibility index (Phi) is 8.62. The highest BCUT2D eigenvalue weighted by Gasteiger charge is 2.34. The van der Waals surface area contributed by atoms with Crippen molar-refractivity contribution in [1.82, 2.24) is 19.1 Å². The number of anilines is 2. The van der Waals surface area contributed by atoms with E-state index in [9.17, 15) is 26.4 Å². The molecule has 2 aromatic heterocycles. The standard InChI is InChI=1S/C30H28ClF3N6O3S/c1-18-3-6-22(37-29(41)21-4-7-24(31)23(16-21)30(32,33)34)15-20(18)5-8-26-27-25(35)9-12-36-28(27)40(38-26)17-19-10-13-39(14-11-19)44(2,42)43/h3-4,6-7,9,12,15-16,19H,10-11,13-14,17H2,1-2H3,(H2,35,36)(H,37,41). The number of nitrogen functional groups attached to an aromatic ring is 1. The Balaban J connectivity index is 1.39. The number of benzene rings is 2. The first-order valence-corrected chi connectivity index (χ1v) is 15.8. The second kappa shape index (κ2) is 12.1. The molecule has 0 aliphatic carbocycles. The average Bonchev–Trinajstić information content (AvgIpc) is 3.31. The van der Waals surface area contributed by atoms with Crippen LogP contribution in [-0.2, 0) is 22.7 Å². The maximum Gasteiger partial charge on any atom is 0.417 e. The molecule has 0 unspecified atom stereocenters. The molecular weight excluding hydrogens is 617 g/mol. The zero-order chi connectivity index (χ0) is 31.8. The Morgan fingerprint density at radius 3 is 2.55 bits per heavy atom. The Bertz CT molecular complexity index is 1920. The zero-order valence-electron chi connectivity index (χ0n) is 23.7. The minimum atomic E-state index is -4.70. The van der Waals surface area contributed by atoms with Gasteiger partial charge in [0.1, 0.15) is 5.69 Å². The number of sulfonamides is 1. The van der Waals surface area contributed by atoms with Gasteiger partial charge in [-0.05, 0) is 73.6 Å². The second-order valence-electron chi connectivity index (χ2n) is 10.7. The SMILES string of the molecule is Cc1ccc(NC(=O)c2ccc(Cl)c(C(F)(F)F)c2)cc1C#Cc1nn(CC2CCN(S(C)(=O)=O)CC2)c2nccc(N)c12. The van der Waals surface area contributed by atoms with Crippen LogP contribution in [0.15, 0.2) is 48.7 Å². The van der Waals surface area contributed by atoms with E-state index in [1.165, 1.54) is 16.6 Å². The van der Waals surface area contributed by atoms with Crippen molar-refractivity contribution in [2.24, 2.45) is 5.92 Å². The number of aryl methyl sites for hydroxylation is 1. The van der Waals surface area contributed by atoms with Crippen LogP contribution >= 0.6 is 11.6 Å². The molecule has 44 heavy (non-hydrogen) atoms. The van der Waals surface area contributed by atoms with Crippen molar-refractivity contribution in [2.45, 2.75) is 32.5 Å². The van der Waals surface area contributed by atoms with Crippen molar-refractivity contribution < 1.29 is 26.4 Å². The Morgan fingerprint density at radius 1 is 1.14 bits per heavy atom. The van der Waals surface area contributed by atoms with Gasteiger partial charge in [-0.25, -0.2) is 22.4 Å². The molecule has 0 saturated carbocycles. The van der Waals surface area contributed by atoms with Gasteiger partial charge in [-0.2, -0.15) is 18.3 Å². The summed E-state index contributed by atoms with van der Waals surface area (Å²) in [4.78, 5) is 17.3. The topological polar surface area (TPSA) is 123 Å². The third kappa shape index (κ3) is 6.83. The van der Waals surface area contributed by atoms with Crippen molar-refractivity contribution in [1.29, 1.82) is 0 Å². The number of nitrogens with two attached hydrogens (primary N) is 1. The molecule has 0 radical (unpaired) electrons. The van der Waals surface area contributed by atoms with E-state index >= 15 is 0 Å². The summed E-state index contributed by atoms with van der Waals surface area (Å²) < 4.78 is 66.8. The minimum Gasteiger partial charge on any atom is -0.398 e. The number of rotatable bonds is 5. The van der Waals surface area contributed by atoms with E-state index in [1.807, 2.05) is 6.92 Å². The summed E-state index contributed by atoms with van der Waals surface area (Å²) in [5, 5.41) is 7.41. The van der Waals surface area contributed by atoms with Gasteiger partial charge in [0.25, 0.3) is 5.91 Å². The van der Waals surface area contributed by atoms with Crippen molar-refractivity contribution in [3.8, 4) is 11.8 Å². The number of amides is 1. The van der Waals surface area contributed by atoms with Crippen LogP contribution in [0, 0.1) is 24.7 Å². The number of hydrogen-bond acceptors (Lipinski definition) is 6. The second-order valence-corrected chi connectivity index (χ2v) is 13.1. The molecule has 1 amide bonds. The van der Waals surface area contributed by atoms with Crippen molar-refractivity contribution in [3.05, 3.63) is 81.6 Å². The summed E-state index contributed by atoms with van der Waals surface area (Å²) >= 11 is 5.68. The number of fused-ring (bicyclic) bond motifs is 1. The molecule has 1 fully saturated rings. The highest BCUT2D eigenvalue weighted by molar-refractivity contribution is 7.88. The fourth-order valence-corrected chi connectivity index (χ4v) is 6.15. The lowest BCUT2D eigenvalue weighted by molar-refractivity contribution is -0.137. The number of alkyl halides is 3. The number of carbonyl (C=O) groups excluding carboxylic acids is 1. The predicted molar refractivity (Wildman–Crippen MR) is 163 cm³/mol. The van der Waals surface area contributed by atoms with Crippen molar-refractivity contribution in [2.75, 3.05) is 30.4 Å². The lowest BCUT2D eigenvalue weighted by Crippen LogP contribution is -2.38. The first kappa shape index (κ1) is 31.3. The number of piperidine rings is 1. The van der Waals surface area contributed by atoms with Gasteiger partial charge in [0.05, 0.1) is 22.2 Å². The summed E-state index contributed by atoms with van der Waals surface area (Å²) in [6, 6.07) is 9.61. The van der Waals surface area contributed by atoms with Gasteiger partial charge in [-0.15, -0.1) is 0 Å². The molecule has 1 aliphatic rings. The number of hydrogen-bond donors (Lipinski definition) is 2. The normalized spacial score (nSPS) is 14.8. The van der Waals surface area contributed by atoms with Crippen LogP contribution in [0.5, 0.6) is 0 Å². The summed E-state index contributed by atoms with van der Waals surface area (Å²) in [5.74, 6) is 5.60. The number of aromatic nitrogens is 3. The predicted octanol–water partition coefficient (Wildman–Crippen LogP) is 5.32. The lowest BCUT2D eigenvalue weighted by atomic mass is 9.98. The number of nitrogens with one attached hydrogen (secondary N) is 1. The smallest absolute Gasteiger partial charge is 0.398 e. The van der Waals surface area contributed by atoms with Crippen molar-refractivity contribution >= 4 is 49.9 Å². The molecule has 230 valence electrons. The summed E-state index contributed by atoms with van der Waals surface area (Å²) in [5.41, 5.74) is 8.13. The molecule has 3 heterocycles. The van der Waals surface area contributed by atoms with Crippen LogP contribution in [0.2, 0.25) is 5.02 Å². The van der Waals surface area contributed by atoms with Gasteiger partial charge in [0.2, 0.25) is 10.0 Å². The Hall–Kier alpha value is -4.12. The maximum absolute atomic E-state index is 13.3. The van der Waals surface area contributed by atoms with Gasteiger partial charge in [0.15, 0.2) is 5.65 Å². The highest BCUT2D eigenvalue weighted by Crippen LogP contribution is 2.35. The fraction of sp³-hybridized carbons (Fsp3) is 0.300. The summed E-state index contributed by atoms with van der Waals surface area (Å²) in [6.07, 6.45) is -0.532. The van der Waals surface area contributed by atoms with Crippen LogP contribution in [0.4, 0.5) is 24.5 Å². The third-order valence-corrected chi connectivity index (χ3v) is 9.12. The van der Waals surface area contributed by atoms with E-state index in [-0.39, 0.29) is 11.5 Å². The molecule has 0 spiro atoms. The minimum absolute atomic E-state index is 0.190. The molecule has 2 aromatic carbocycles. The van der Waals surface area contributed by atoms with Gasteiger partial charge >= 0.3 is 6.18 Å². The van der Waals surface area contributed by atoms with Crippen LogP contribution in [0.25, 0.3) is 11.0 Å². The van der Waals surface area contributed by atoms with E-state index in [1.54, 1.807) is 35.1 Å². The van der Waals surface area contributed by atoms with E-state index < -0.39 is 32.7 Å². The largest absolute Gasteiger partial charge is 0.417 e. The monoisotopic (exact) mass is 644 g/mol. The van der Waals surface area contributed by atoms with Crippen LogP contribution < -0.4 is 11.1 Å². The number of pyridine rings is 1. The number of nitrogens with zero attached hydrogens (tertiary/aromatic N) is 4. The molecule has 14 heteroatoms. The molecule has 3 N–H and O–H groups in total.